The smallest absolute Gasteiger partial charge is 0.340 e. The quantitative estimate of drug-likeness (QED) is 0.317. The molecule has 6 N–H and O–H groups in total. The number of carbonyl (C=O) groups excluding carboxylic acids is 2. The molecule has 0 aliphatic heterocycles. The highest BCUT2D eigenvalue weighted by Crippen LogP contribution is 2.29. The van der Waals surface area contributed by atoms with Gasteiger partial charge in [-0.2, -0.15) is 0 Å². The number of phenolic OH excluding ortho intramolecular Hbond substituents is 1. The molecule has 0 aliphatic rings. The standard InChI is InChI=1S/C19H23N3O7/c1-9-6-13(23)16-10(2)11(18(27)29-14(16)7-9)8-15(24)22-12(17(25)26)4-3-5-21-19(20)28/h6-7,12,23H,3-5,8H2,1-2H3,(H,22,24)(H,25,26)(H3,20,21,28)/t12-/m1/s1. The first-order valence-corrected chi connectivity index (χ1v) is 8.91. The van der Waals surface area contributed by atoms with Gasteiger partial charge in [0.05, 0.1) is 17.4 Å². The van der Waals surface area contributed by atoms with Gasteiger partial charge in [-0.1, -0.05) is 0 Å². The molecule has 0 fully saturated rings. The van der Waals surface area contributed by atoms with Crippen LogP contribution in [0.15, 0.2) is 21.3 Å². The second-order valence-corrected chi connectivity index (χ2v) is 6.72. The molecule has 0 bridgehead atoms. The van der Waals surface area contributed by atoms with Gasteiger partial charge in [0.2, 0.25) is 5.91 Å². The van der Waals surface area contributed by atoms with E-state index < -0.39 is 36.0 Å². The summed E-state index contributed by atoms with van der Waals surface area (Å²) in [6, 6.07) is 1.20. The van der Waals surface area contributed by atoms with E-state index in [0.717, 1.165) is 0 Å². The number of urea groups is 1. The Morgan fingerprint density at radius 1 is 1.24 bits per heavy atom. The van der Waals surface area contributed by atoms with E-state index in [0.29, 0.717) is 16.5 Å². The van der Waals surface area contributed by atoms with Crippen LogP contribution in [0, 0.1) is 13.8 Å². The number of hydrogen-bond donors (Lipinski definition) is 5. The number of aromatic hydroxyl groups is 1. The zero-order chi connectivity index (χ0) is 21.7. The van der Waals surface area contributed by atoms with Gasteiger partial charge in [-0.25, -0.2) is 14.4 Å². The van der Waals surface area contributed by atoms with Crippen molar-refractivity contribution in [2.75, 3.05) is 6.54 Å². The van der Waals surface area contributed by atoms with Crippen LogP contribution >= 0.6 is 0 Å². The molecule has 3 amide bonds. The fourth-order valence-corrected chi connectivity index (χ4v) is 3.04. The molecule has 156 valence electrons. The summed E-state index contributed by atoms with van der Waals surface area (Å²) < 4.78 is 5.23. The first kappa shape index (κ1) is 21.7. The minimum atomic E-state index is -1.24. The van der Waals surface area contributed by atoms with Gasteiger partial charge in [0.15, 0.2) is 0 Å². The number of benzene rings is 1. The zero-order valence-corrected chi connectivity index (χ0v) is 16.1. The van der Waals surface area contributed by atoms with Gasteiger partial charge in [0.1, 0.15) is 17.4 Å². The summed E-state index contributed by atoms with van der Waals surface area (Å²) in [5.41, 5.74) is 5.54. The SMILES string of the molecule is Cc1cc(O)c2c(C)c(CC(=O)N[C@H](CCCNC(N)=O)C(=O)O)c(=O)oc2c1. The van der Waals surface area contributed by atoms with Crippen LogP contribution in [0.1, 0.15) is 29.5 Å². The Balaban J connectivity index is 2.16. The van der Waals surface area contributed by atoms with E-state index >= 15 is 0 Å². The minimum absolute atomic E-state index is 0.0358. The second kappa shape index (κ2) is 9.09. The maximum absolute atomic E-state index is 12.3. The summed E-state index contributed by atoms with van der Waals surface area (Å²) in [5.74, 6) is -2.00. The Morgan fingerprint density at radius 2 is 1.93 bits per heavy atom. The predicted octanol–water partition coefficient (Wildman–Crippen LogP) is 0.676. The topological polar surface area (TPSA) is 172 Å². The highest BCUT2D eigenvalue weighted by atomic mass is 16.4. The number of carboxylic acids is 1. The van der Waals surface area contributed by atoms with Crippen molar-refractivity contribution in [2.45, 2.75) is 39.2 Å². The Kier molecular flexibility index (Phi) is 6.81. The van der Waals surface area contributed by atoms with Gasteiger partial charge < -0.3 is 31.0 Å². The number of carboxylic acid groups (broad SMARTS) is 1. The molecule has 0 aliphatic carbocycles. The number of hydrogen-bond acceptors (Lipinski definition) is 6. The molecule has 2 aromatic rings. The molecule has 1 aromatic carbocycles. The van der Waals surface area contributed by atoms with Crippen LogP contribution < -0.4 is 22.0 Å². The largest absolute Gasteiger partial charge is 0.507 e. The number of phenols is 1. The summed E-state index contributed by atoms with van der Waals surface area (Å²) in [6.45, 7) is 3.49. The third-order valence-electron chi connectivity index (χ3n) is 4.44. The molecule has 10 heteroatoms. The van der Waals surface area contributed by atoms with Gasteiger partial charge in [0, 0.05) is 6.54 Å². The van der Waals surface area contributed by atoms with Gasteiger partial charge in [-0.3, -0.25) is 4.79 Å². The molecule has 1 aromatic heterocycles. The normalized spacial score (nSPS) is 11.8. The zero-order valence-electron chi connectivity index (χ0n) is 16.1. The number of aliphatic carboxylic acids is 1. The fraction of sp³-hybridized carbons (Fsp3) is 0.368. The Bertz CT molecular complexity index is 1010. The van der Waals surface area contributed by atoms with Crippen molar-refractivity contribution in [2.24, 2.45) is 5.73 Å². The average molecular weight is 405 g/mol. The lowest BCUT2D eigenvalue weighted by molar-refractivity contribution is -0.141. The molecule has 10 nitrogen and oxygen atoms in total. The van der Waals surface area contributed by atoms with Crippen LogP contribution in [0.3, 0.4) is 0 Å². The Hall–Kier alpha value is -3.56. The first-order chi connectivity index (χ1) is 13.6. The van der Waals surface area contributed by atoms with Crippen molar-refractivity contribution in [3.63, 3.8) is 0 Å². The molecule has 0 radical (unpaired) electrons. The number of fused-ring (bicyclic) bond motifs is 1. The monoisotopic (exact) mass is 405 g/mol. The third-order valence-corrected chi connectivity index (χ3v) is 4.44. The average Bonchev–Trinajstić information content (AvgIpc) is 2.59. The third kappa shape index (κ3) is 5.47. The molecule has 0 unspecified atom stereocenters. The minimum Gasteiger partial charge on any atom is -0.507 e. The first-order valence-electron chi connectivity index (χ1n) is 8.91. The molecule has 1 atom stereocenters. The van der Waals surface area contributed by atoms with Crippen molar-refractivity contribution in [1.82, 2.24) is 10.6 Å². The van der Waals surface area contributed by atoms with Crippen LogP contribution in [-0.4, -0.2) is 40.7 Å². The summed E-state index contributed by atoms with van der Waals surface area (Å²) in [6.07, 6.45) is -0.0575. The highest BCUT2D eigenvalue weighted by Gasteiger charge is 2.22. The van der Waals surface area contributed by atoms with Crippen molar-refractivity contribution in [3.05, 3.63) is 39.2 Å². The van der Waals surface area contributed by atoms with Crippen molar-refractivity contribution < 1.29 is 29.0 Å². The number of nitrogens with one attached hydrogen (secondary N) is 2. The summed E-state index contributed by atoms with van der Waals surface area (Å²) >= 11 is 0. The number of carbonyl (C=O) groups is 3. The van der Waals surface area contributed by atoms with Crippen LogP contribution in [0.4, 0.5) is 4.79 Å². The number of aryl methyl sites for hydroxylation is 2. The molecule has 0 saturated heterocycles. The predicted molar refractivity (Wildman–Crippen MR) is 104 cm³/mol. The maximum atomic E-state index is 12.3. The van der Waals surface area contributed by atoms with Gasteiger partial charge in [-0.15, -0.1) is 0 Å². The summed E-state index contributed by atoms with van der Waals surface area (Å²) in [7, 11) is 0. The lowest BCUT2D eigenvalue weighted by Crippen LogP contribution is -2.42. The van der Waals surface area contributed by atoms with Crippen molar-refractivity contribution >= 4 is 28.9 Å². The number of nitrogens with two attached hydrogens (primary N) is 1. The van der Waals surface area contributed by atoms with E-state index in [1.165, 1.54) is 6.07 Å². The molecule has 0 saturated carbocycles. The lowest BCUT2D eigenvalue weighted by Gasteiger charge is -2.15. The maximum Gasteiger partial charge on any atom is 0.340 e. The molecule has 2 rings (SSSR count). The summed E-state index contributed by atoms with van der Waals surface area (Å²) in [5, 5.41) is 24.5. The Morgan fingerprint density at radius 3 is 2.55 bits per heavy atom. The van der Waals surface area contributed by atoms with Crippen LogP contribution in [0.2, 0.25) is 0 Å². The molecule has 0 spiro atoms. The molecule has 1 heterocycles. The van der Waals surface area contributed by atoms with Crippen LogP contribution in [-0.2, 0) is 16.0 Å². The number of amides is 3. The van der Waals surface area contributed by atoms with E-state index in [9.17, 15) is 29.4 Å². The summed E-state index contributed by atoms with van der Waals surface area (Å²) in [4.78, 5) is 46.6. The van der Waals surface area contributed by atoms with Crippen molar-refractivity contribution in [3.8, 4) is 5.75 Å². The van der Waals surface area contributed by atoms with Gasteiger partial charge >= 0.3 is 17.6 Å². The van der Waals surface area contributed by atoms with E-state index in [-0.39, 0.29) is 36.3 Å². The van der Waals surface area contributed by atoms with Gasteiger partial charge in [-0.05, 0) is 49.9 Å². The van der Waals surface area contributed by atoms with Crippen LogP contribution in [0.5, 0.6) is 5.75 Å². The second-order valence-electron chi connectivity index (χ2n) is 6.72. The fourth-order valence-electron chi connectivity index (χ4n) is 3.04. The van der Waals surface area contributed by atoms with Crippen LogP contribution in [0.25, 0.3) is 11.0 Å². The van der Waals surface area contributed by atoms with Crippen molar-refractivity contribution in [1.29, 1.82) is 0 Å². The Labute approximate surface area is 165 Å². The van der Waals surface area contributed by atoms with E-state index in [2.05, 4.69) is 10.6 Å². The number of rotatable bonds is 8. The van der Waals surface area contributed by atoms with E-state index in [1.54, 1.807) is 19.9 Å². The highest BCUT2D eigenvalue weighted by molar-refractivity contribution is 5.90. The molecular formula is C19H23N3O7. The van der Waals surface area contributed by atoms with E-state index in [4.69, 9.17) is 10.2 Å². The molecule has 29 heavy (non-hydrogen) atoms. The molecular weight excluding hydrogens is 382 g/mol. The van der Waals surface area contributed by atoms with Gasteiger partial charge in [0.25, 0.3) is 0 Å². The van der Waals surface area contributed by atoms with E-state index in [1.807, 2.05) is 0 Å². The number of primary amides is 1. The lowest BCUT2D eigenvalue weighted by atomic mass is 10.0.